The fourth-order valence-corrected chi connectivity index (χ4v) is 6.31. The van der Waals surface area contributed by atoms with Crippen LogP contribution in [0.25, 0.3) is 0 Å². The third-order valence-corrected chi connectivity index (χ3v) is 8.02. The van der Waals surface area contributed by atoms with Gasteiger partial charge in [0.2, 0.25) is 0 Å². The standard InChI is InChI=1S/C24H38F6O3/c1-19(2,32)11-6-12-20(3,13-7-15-22(33,23(25,26)27)24(28,29)30)18-10-9-16-17(31)8-5-14-21(16,18)4/h7,15-18,31-33H,5-6,8-14H2,1-4H3/t16?,17-,18+,20+,21-/m0/s1/i1D3,2D3. The van der Waals surface area contributed by atoms with E-state index in [1.807, 2.05) is 6.92 Å². The summed E-state index contributed by atoms with van der Waals surface area (Å²) in [6.07, 6.45) is -10.7. The molecule has 0 aromatic rings. The SMILES string of the molecule is [2H]C([2H])([2H])C(O)(CCC[C@](C)(CC=CC(O)(C(F)(F)F)C(F)(F)F)[C@H]1CCC2[C@@H](O)CCC[C@@]21C)C([2H])([2H])[2H]. The molecule has 3 N–H and O–H groups in total. The molecular formula is C24H38F6O3. The summed E-state index contributed by atoms with van der Waals surface area (Å²) < 4.78 is 125. The van der Waals surface area contributed by atoms with Gasteiger partial charge in [-0.15, -0.1) is 0 Å². The minimum atomic E-state index is -6.04. The highest BCUT2D eigenvalue weighted by Gasteiger charge is 2.69. The van der Waals surface area contributed by atoms with E-state index < -0.39 is 60.6 Å². The van der Waals surface area contributed by atoms with E-state index in [1.54, 1.807) is 6.92 Å². The van der Waals surface area contributed by atoms with E-state index >= 15 is 0 Å². The van der Waals surface area contributed by atoms with Gasteiger partial charge >= 0.3 is 12.4 Å². The summed E-state index contributed by atoms with van der Waals surface area (Å²) >= 11 is 0. The van der Waals surface area contributed by atoms with Gasteiger partial charge in [-0.05, 0) is 87.4 Å². The maximum atomic E-state index is 13.2. The number of halogens is 6. The lowest BCUT2D eigenvalue weighted by molar-refractivity contribution is -0.347. The molecule has 0 spiro atoms. The monoisotopic (exact) mass is 494 g/mol. The van der Waals surface area contributed by atoms with E-state index in [4.69, 9.17) is 8.22 Å². The molecule has 0 aromatic heterocycles. The first-order chi connectivity index (χ1) is 17.3. The molecule has 0 radical (unpaired) electrons. The first-order valence-corrected chi connectivity index (χ1v) is 11.2. The molecular weight excluding hydrogens is 450 g/mol. The molecule has 5 atom stereocenters. The molecule has 0 heterocycles. The third kappa shape index (κ3) is 5.89. The summed E-state index contributed by atoms with van der Waals surface area (Å²) in [6, 6.07) is 0. The number of hydrogen-bond donors (Lipinski definition) is 3. The zero-order chi connectivity index (χ0) is 30.5. The second-order valence-electron chi connectivity index (χ2n) is 10.4. The molecule has 0 aromatic carbocycles. The minimum absolute atomic E-state index is 0.0225. The van der Waals surface area contributed by atoms with Gasteiger partial charge in [0.25, 0.3) is 5.60 Å². The van der Waals surface area contributed by atoms with Crippen molar-refractivity contribution in [1.82, 2.24) is 0 Å². The molecule has 33 heavy (non-hydrogen) atoms. The molecule has 2 saturated carbocycles. The molecule has 0 aliphatic heterocycles. The van der Waals surface area contributed by atoms with Gasteiger partial charge < -0.3 is 15.3 Å². The van der Waals surface area contributed by atoms with Crippen LogP contribution in [0, 0.1) is 22.7 Å². The van der Waals surface area contributed by atoms with E-state index in [-0.39, 0.29) is 37.2 Å². The highest BCUT2D eigenvalue weighted by molar-refractivity contribution is 5.13. The van der Waals surface area contributed by atoms with Crippen LogP contribution < -0.4 is 0 Å². The number of aliphatic hydroxyl groups is 3. The highest BCUT2D eigenvalue weighted by atomic mass is 19.4. The smallest absolute Gasteiger partial charge is 0.393 e. The molecule has 0 amide bonds. The van der Waals surface area contributed by atoms with E-state index in [0.29, 0.717) is 38.2 Å². The average molecular weight is 495 g/mol. The van der Waals surface area contributed by atoms with Gasteiger partial charge in [0.05, 0.1) is 11.7 Å². The van der Waals surface area contributed by atoms with E-state index in [1.165, 1.54) is 0 Å². The van der Waals surface area contributed by atoms with Crippen LogP contribution in [-0.2, 0) is 0 Å². The van der Waals surface area contributed by atoms with Crippen molar-refractivity contribution in [3.05, 3.63) is 12.2 Å². The Balaban J connectivity index is 2.45. The summed E-state index contributed by atoms with van der Waals surface area (Å²) in [5.41, 5.74) is -9.73. The largest absolute Gasteiger partial charge is 0.429 e. The maximum absolute atomic E-state index is 13.2. The average Bonchev–Trinajstić information content (AvgIpc) is 3.09. The van der Waals surface area contributed by atoms with Gasteiger partial charge in [0.15, 0.2) is 0 Å². The van der Waals surface area contributed by atoms with Crippen molar-refractivity contribution in [2.45, 2.75) is 115 Å². The fourth-order valence-electron chi connectivity index (χ4n) is 6.31. The predicted octanol–water partition coefficient (Wildman–Crippen LogP) is 6.31. The fraction of sp³-hybridized carbons (Fsp3) is 0.917. The van der Waals surface area contributed by atoms with Crippen LogP contribution in [0.15, 0.2) is 12.2 Å². The van der Waals surface area contributed by atoms with Crippen LogP contribution in [0.5, 0.6) is 0 Å². The first-order valence-electron chi connectivity index (χ1n) is 14.2. The molecule has 9 heteroatoms. The molecule has 2 fully saturated rings. The number of alkyl halides is 6. The van der Waals surface area contributed by atoms with Crippen LogP contribution in [0.3, 0.4) is 0 Å². The summed E-state index contributed by atoms with van der Waals surface area (Å²) in [4.78, 5) is 0. The van der Waals surface area contributed by atoms with Crippen molar-refractivity contribution in [1.29, 1.82) is 0 Å². The van der Waals surface area contributed by atoms with E-state index in [0.717, 1.165) is 0 Å². The van der Waals surface area contributed by atoms with Gasteiger partial charge in [-0.2, -0.15) is 26.3 Å². The number of allylic oxidation sites excluding steroid dienone is 1. The third-order valence-electron chi connectivity index (χ3n) is 8.02. The zero-order valence-electron chi connectivity index (χ0n) is 24.9. The Labute approximate surface area is 200 Å². The lowest BCUT2D eigenvalue weighted by Gasteiger charge is -2.50. The highest BCUT2D eigenvalue weighted by Crippen LogP contribution is 2.62. The van der Waals surface area contributed by atoms with Gasteiger partial charge in [0, 0.05) is 8.22 Å². The lowest BCUT2D eigenvalue weighted by atomic mass is 9.56. The molecule has 2 aliphatic rings. The number of rotatable bonds is 8. The Morgan fingerprint density at radius 3 is 2.15 bits per heavy atom. The minimum Gasteiger partial charge on any atom is -0.393 e. The normalized spacial score (nSPS) is 35.1. The summed E-state index contributed by atoms with van der Waals surface area (Å²) in [5, 5.41) is 30.8. The molecule has 1 unspecified atom stereocenters. The first kappa shape index (κ1) is 20.4. The number of aliphatic hydroxyl groups excluding tert-OH is 1. The van der Waals surface area contributed by atoms with Crippen molar-refractivity contribution >= 4 is 0 Å². The maximum Gasteiger partial charge on any atom is 0.429 e. The van der Waals surface area contributed by atoms with Gasteiger partial charge in [-0.25, -0.2) is 0 Å². The second kappa shape index (κ2) is 9.34. The quantitative estimate of drug-likeness (QED) is 0.274. The van der Waals surface area contributed by atoms with Crippen molar-refractivity contribution in [2.24, 2.45) is 22.7 Å². The molecule has 2 aliphatic carbocycles. The molecule has 194 valence electrons. The summed E-state index contributed by atoms with van der Waals surface area (Å²) in [6.45, 7) is -3.01. The molecule has 0 saturated heterocycles. The topological polar surface area (TPSA) is 60.7 Å². The van der Waals surface area contributed by atoms with Gasteiger partial charge in [-0.1, -0.05) is 32.8 Å². The Morgan fingerprint density at radius 1 is 1.00 bits per heavy atom. The number of hydrogen-bond acceptors (Lipinski definition) is 3. The molecule has 2 rings (SSSR count). The van der Waals surface area contributed by atoms with Crippen molar-refractivity contribution in [2.75, 3.05) is 0 Å². The van der Waals surface area contributed by atoms with E-state index in [9.17, 15) is 41.7 Å². The van der Waals surface area contributed by atoms with Crippen LogP contribution in [0.2, 0.25) is 0 Å². The van der Waals surface area contributed by atoms with Crippen molar-refractivity contribution in [3.63, 3.8) is 0 Å². The second-order valence-corrected chi connectivity index (χ2v) is 10.4. The van der Waals surface area contributed by atoms with Crippen molar-refractivity contribution in [3.8, 4) is 0 Å². The summed E-state index contributed by atoms with van der Waals surface area (Å²) in [7, 11) is 0. The van der Waals surface area contributed by atoms with Gasteiger partial charge in [0.1, 0.15) is 0 Å². The Hall–Kier alpha value is -0.800. The van der Waals surface area contributed by atoms with Crippen LogP contribution in [-0.4, -0.2) is 45.0 Å². The zero-order valence-corrected chi connectivity index (χ0v) is 18.9. The Bertz CT molecular complexity index is 860. The van der Waals surface area contributed by atoms with Gasteiger partial charge in [-0.3, -0.25) is 0 Å². The van der Waals surface area contributed by atoms with Crippen molar-refractivity contribution < 1.29 is 49.9 Å². The lowest BCUT2D eigenvalue weighted by Crippen LogP contribution is -2.55. The molecule has 3 nitrogen and oxygen atoms in total. The Morgan fingerprint density at radius 2 is 1.61 bits per heavy atom. The van der Waals surface area contributed by atoms with Crippen LogP contribution in [0.1, 0.15) is 93.6 Å². The van der Waals surface area contributed by atoms with E-state index in [2.05, 4.69) is 0 Å². The summed E-state index contributed by atoms with van der Waals surface area (Å²) in [5.74, 6) is -0.475. The number of fused-ring (bicyclic) bond motifs is 1. The predicted molar refractivity (Wildman–Crippen MR) is 113 cm³/mol. The van der Waals surface area contributed by atoms with Crippen LogP contribution >= 0.6 is 0 Å². The Kier molecular flexibility index (Phi) is 5.77. The van der Waals surface area contributed by atoms with Crippen LogP contribution in [0.4, 0.5) is 26.3 Å². The molecule has 0 bridgehead atoms.